The minimum Gasteiger partial charge on any atom is -0.508 e. The van der Waals surface area contributed by atoms with Crippen LogP contribution in [0.2, 0.25) is 0 Å². The lowest BCUT2D eigenvalue weighted by Gasteiger charge is -2.48. The lowest BCUT2D eigenvalue weighted by molar-refractivity contribution is 0.0201. The Morgan fingerprint density at radius 1 is 0.366 bits per heavy atom. The van der Waals surface area contributed by atoms with E-state index in [2.05, 4.69) is 0 Å². The average Bonchev–Trinajstić information content (AvgIpc) is 3.33. The summed E-state index contributed by atoms with van der Waals surface area (Å²) in [5.41, 5.74) is 4.01. The van der Waals surface area contributed by atoms with E-state index in [0.29, 0.717) is 66.8 Å². The molecule has 6 aromatic carbocycles. The van der Waals surface area contributed by atoms with Crippen molar-refractivity contribution < 1.29 is 48.8 Å². The predicted molar refractivity (Wildman–Crippen MR) is 278 cm³/mol. The van der Waals surface area contributed by atoms with Crippen LogP contribution in [-0.4, -0.2) is 49.0 Å². The maximum atomic E-state index is 17.2. The first-order chi connectivity index (χ1) is 33.8. The molecule has 0 amide bonds. The summed E-state index contributed by atoms with van der Waals surface area (Å²) in [6.45, 7) is 11.4. The van der Waals surface area contributed by atoms with Crippen LogP contribution in [0.25, 0.3) is 16.7 Å². The molecule has 0 aliphatic heterocycles. The molecule has 10 nitrogen and oxygen atoms in total. The largest absolute Gasteiger partial charge is 0.508 e. The molecular weight excluding hydrogens is 912 g/mol. The normalized spacial score (nSPS) is 25.1. The number of aromatic hydroxyl groups is 6. The van der Waals surface area contributed by atoms with Crippen LogP contribution in [0.5, 0.6) is 34.5 Å². The zero-order valence-corrected chi connectivity index (χ0v) is 41.2. The van der Waals surface area contributed by atoms with Crippen LogP contribution in [-0.2, 0) is 34.4 Å². The minimum atomic E-state index is -5.10. The van der Waals surface area contributed by atoms with Gasteiger partial charge in [0.2, 0.25) is 0 Å². The molecule has 0 fully saturated rings. The molecule has 6 aromatic rings. The minimum absolute atomic E-state index is 0.00662. The molecule has 6 N–H and O–H groups in total. The van der Waals surface area contributed by atoms with E-state index in [1.165, 1.54) is 0 Å². The summed E-state index contributed by atoms with van der Waals surface area (Å²) in [6, 6.07) is 40.8. The topological polar surface area (TPSA) is 166 Å². The molecular formula is C60H57O10P. The Morgan fingerprint density at radius 3 is 0.845 bits per heavy atom. The Kier molecular flexibility index (Phi) is 12.9. The van der Waals surface area contributed by atoms with Crippen LogP contribution in [0.1, 0.15) is 74.9 Å². The molecule has 362 valence electrons. The summed E-state index contributed by atoms with van der Waals surface area (Å²) in [6.07, 6.45) is 8.03. The van der Waals surface area contributed by atoms with Gasteiger partial charge in [0.05, 0.1) is 0 Å². The Balaban J connectivity index is 1.28. The van der Waals surface area contributed by atoms with Gasteiger partial charge in [-0.25, -0.2) is 4.57 Å². The fourth-order valence-electron chi connectivity index (χ4n) is 10.9. The van der Waals surface area contributed by atoms with Gasteiger partial charge in [-0.2, -0.15) is 0 Å². The highest BCUT2D eigenvalue weighted by atomic mass is 31.2. The number of benzene rings is 6. The number of allylic oxidation sites excluding steroid dienone is 6. The Labute approximate surface area is 414 Å². The molecule has 3 aliphatic carbocycles. The molecule has 0 heterocycles. The molecule has 9 rings (SSSR count). The Hall–Kier alpha value is -7.33. The van der Waals surface area contributed by atoms with E-state index in [0.717, 1.165) is 0 Å². The molecule has 11 heteroatoms. The van der Waals surface area contributed by atoms with Gasteiger partial charge >= 0.3 is 7.82 Å². The van der Waals surface area contributed by atoms with Crippen molar-refractivity contribution >= 4 is 24.5 Å². The zero-order valence-electron chi connectivity index (χ0n) is 40.3. The number of phenolic OH excluding ortho intramolecular Hbond substituents is 6. The van der Waals surface area contributed by atoms with Gasteiger partial charge < -0.3 is 30.6 Å². The van der Waals surface area contributed by atoms with Gasteiger partial charge in [-0.3, -0.25) is 13.6 Å². The van der Waals surface area contributed by atoms with Crippen molar-refractivity contribution in [1.29, 1.82) is 0 Å². The first kappa shape index (κ1) is 48.7. The first-order valence-corrected chi connectivity index (χ1v) is 24.9. The molecule has 3 aliphatic rings. The molecule has 6 atom stereocenters. The molecule has 71 heavy (non-hydrogen) atoms. The number of hydrogen-bond acceptors (Lipinski definition) is 10. The summed E-state index contributed by atoms with van der Waals surface area (Å²) >= 11 is 0. The summed E-state index contributed by atoms with van der Waals surface area (Å²) < 4.78 is 39.1. The highest BCUT2D eigenvalue weighted by molar-refractivity contribution is 7.48. The van der Waals surface area contributed by atoms with Crippen LogP contribution in [0, 0.1) is 0 Å². The van der Waals surface area contributed by atoms with Crippen molar-refractivity contribution in [3.8, 4) is 34.5 Å². The van der Waals surface area contributed by atoms with E-state index in [-0.39, 0.29) is 34.5 Å². The molecule has 0 saturated heterocycles. The van der Waals surface area contributed by atoms with E-state index < -0.39 is 42.4 Å². The smallest absolute Gasteiger partial charge is 0.476 e. The zero-order chi connectivity index (χ0) is 50.5. The second-order valence-corrected chi connectivity index (χ2v) is 20.8. The van der Waals surface area contributed by atoms with Gasteiger partial charge in [-0.05, 0) is 181 Å². The van der Waals surface area contributed by atoms with Crippen molar-refractivity contribution in [2.75, 3.05) is 0 Å². The lowest BCUT2D eigenvalue weighted by Crippen LogP contribution is -2.46. The number of phosphoric acid groups is 1. The van der Waals surface area contributed by atoms with E-state index in [1.54, 1.807) is 109 Å². The molecule has 0 saturated carbocycles. The van der Waals surface area contributed by atoms with Crippen molar-refractivity contribution in [2.24, 2.45) is 0 Å². The average molecular weight is 969 g/mol. The standard InChI is InChI=1S/C60H57O10P/c1-37-25-28-52(40-13-7-19-46(61)31-40)58(4,43-16-10-22-49(64)34-43)55(37)68-71(67,69-56-38(2)26-29-53(41-14-8-20-47(62)32-41)59(56,5)44-17-11-23-50(65)35-44)70-57-39(3)27-30-54(42-15-9-21-48(63)33-42)60(57,6)45-18-12-24-51(66)36-45/h7-36,55-57,61-66H,1-6H3. The second kappa shape index (κ2) is 18.8. The van der Waals surface area contributed by atoms with Gasteiger partial charge in [-0.15, -0.1) is 0 Å². The predicted octanol–water partition coefficient (Wildman–Crippen LogP) is 13.5. The summed E-state index contributed by atoms with van der Waals surface area (Å²) in [5.74, 6) is 0.0788. The summed E-state index contributed by atoms with van der Waals surface area (Å²) in [4.78, 5) is 0. The summed E-state index contributed by atoms with van der Waals surface area (Å²) in [5, 5.41) is 65.7. The number of phenols is 6. The van der Waals surface area contributed by atoms with E-state index in [9.17, 15) is 30.6 Å². The van der Waals surface area contributed by atoms with Crippen molar-refractivity contribution in [3.05, 3.63) is 232 Å². The highest BCUT2D eigenvalue weighted by Crippen LogP contribution is 2.64. The quantitative estimate of drug-likeness (QED) is 0.0650. The Morgan fingerprint density at radius 2 is 0.606 bits per heavy atom. The second-order valence-electron chi connectivity index (χ2n) is 19.3. The third-order valence-electron chi connectivity index (χ3n) is 14.5. The fourth-order valence-corrected chi connectivity index (χ4v) is 12.9. The fraction of sp³-hybridized carbons (Fsp3) is 0.200. The van der Waals surface area contributed by atoms with Crippen molar-refractivity contribution in [2.45, 2.75) is 76.1 Å². The van der Waals surface area contributed by atoms with Gasteiger partial charge in [0.15, 0.2) is 0 Å². The van der Waals surface area contributed by atoms with Gasteiger partial charge in [0.1, 0.15) is 52.8 Å². The van der Waals surface area contributed by atoms with E-state index in [4.69, 9.17) is 13.6 Å². The van der Waals surface area contributed by atoms with Crippen molar-refractivity contribution in [1.82, 2.24) is 0 Å². The van der Waals surface area contributed by atoms with Gasteiger partial charge in [0, 0.05) is 16.2 Å². The van der Waals surface area contributed by atoms with E-state index in [1.807, 2.05) is 114 Å². The Bertz CT molecular complexity index is 2960. The van der Waals surface area contributed by atoms with Crippen molar-refractivity contribution in [3.63, 3.8) is 0 Å². The summed E-state index contributed by atoms with van der Waals surface area (Å²) in [7, 11) is -5.10. The third kappa shape index (κ3) is 8.94. The van der Waals surface area contributed by atoms with Gasteiger partial charge in [0.25, 0.3) is 0 Å². The molecule has 0 radical (unpaired) electrons. The number of hydrogen-bond donors (Lipinski definition) is 6. The van der Waals surface area contributed by atoms with E-state index >= 15 is 4.57 Å². The monoisotopic (exact) mass is 968 g/mol. The van der Waals surface area contributed by atoms with Crippen LogP contribution < -0.4 is 0 Å². The molecule has 0 spiro atoms. The highest BCUT2D eigenvalue weighted by Gasteiger charge is 2.55. The van der Waals surface area contributed by atoms with Crippen LogP contribution in [0.15, 0.2) is 199 Å². The SMILES string of the molecule is CC1=CC=C(c2cccc(O)c2)C(C)(c2cccc(O)c2)C1OP(=O)(OC1C(C)=CC=C(c2cccc(O)c2)C1(C)c1cccc(O)c1)OC1C(C)=CC=C(c2cccc(O)c2)C1(C)c1cccc(O)c1. The lowest BCUT2D eigenvalue weighted by atomic mass is 9.65. The maximum Gasteiger partial charge on any atom is 0.476 e. The maximum absolute atomic E-state index is 17.2. The number of rotatable bonds is 12. The van der Waals surface area contributed by atoms with Gasteiger partial charge in [-0.1, -0.05) is 109 Å². The first-order valence-electron chi connectivity index (χ1n) is 23.4. The molecule has 0 bridgehead atoms. The third-order valence-corrected chi connectivity index (χ3v) is 16.0. The molecule has 6 unspecified atom stereocenters. The number of phosphoric ester groups is 1. The van der Waals surface area contributed by atoms with Crippen LogP contribution in [0.3, 0.4) is 0 Å². The molecule has 0 aromatic heterocycles. The van der Waals surface area contributed by atoms with Crippen LogP contribution in [0.4, 0.5) is 0 Å². The van der Waals surface area contributed by atoms with Crippen LogP contribution >= 0.6 is 7.82 Å².